The minimum Gasteiger partial charge on any atom is -0.508 e. The molecule has 0 saturated carbocycles. The quantitative estimate of drug-likeness (QED) is 0.506. The summed E-state index contributed by atoms with van der Waals surface area (Å²) in [6, 6.07) is 12.1. The number of benzene rings is 2. The van der Waals surface area contributed by atoms with E-state index in [4.69, 9.17) is 5.11 Å². The molecule has 1 N–H and O–H groups in total. The first-order valence-electron chi connectivity index (χ1n) is 5.10. The van der Waals surface area contributed by atoms with Gasteiger partial charge in [0.2, 0.25) is 0 Å². The van der Waals surface area contributed by atoms with Gasteiger partial charge in [-0.05, 0) is 30.3 Å². The first-order valence-corrected chi connectivity index (χ1v) is 5.10. The third-order valence-electron chi connectivity index (χ3n) is 2.17. The molecule has 0 aliphatic rings. The molecule has 2 aromatic carbocycles. The molecule has 0 heterocycles. The Labute approximate surface area is 102 Å². The fraction of sp³-hybridized carbons (Fsp3) is 0. The van der Waals surface area contributed by atoms with Gasteiger partial charge in [-0.3, -0.25) is 10.1 Å². The molecule has 0 saturated heterocycles. The predicted octanol–water partition coefficient (Wildman–Crippen LogP) is 3.72. The lowest BCUT2D eigenvalue weighted by molar-refractivity contribution is -0.384. The van der Waals surface area contributed by atoms with Gasteiger partial charge >= 0.3 is 0 Å². The van der Waals surface area contributed by atoms with E-state index in [0.29, 0.717) is 11.4 Å². The predicted molar refractivity (Wildman–Crippen MR) is 65.4 cm³/mol. The summed E-state index contributed by atoms with van der Waals surface area (Å²) in [4.78, 5) is 10.1. The second kappa shape index (κ2) is 5.05. The fourth-order valence-corrected chi connectivity index (χ4v) is 1.30. The summed E-state index contributed by atoms with van der Waals surface area (Å²) in [5.41, 5.74) is 0.925. The molecule has 0 spiro atoms. The summed E-state index contributed by atoms with van der Waals surface area (Å²) in [7, 11) is 0. The Morgan fingerprint density at radius 3 is 2.33 bits per heavy atom. The van der Waals surface area contributed by atoms with Gasteiger partial charge in [0.15, 0.2) is 0 Å². The Hall–Kier alpha value is -2.76. The smallest absolute Gasteiger partial charge is 0.271 e. The van der Waals surface area contributed by atoms with Gasteiger partial charge < -0.3 is 5.11 Å². The minimum atomic E-state index is -0.487. The molecule has 6 heteroatoms. The van der Waals surface area contributed by atoms with Crippen LogP contribution in [-0.4, -0.2) is 10.0 Å². The van der Waals surface area contributed by atoms with Crippen molar-refractivity contribution in [3.05, 3.63) is 58.6 Å². The lowest BCUT2D eigenvalue weighted by Crippen LogP contribution is -1.85. The lowest BCUT2D eigenvalue weighted by Gasteiger charge is -1.94. The number of nitrogens with zero attached hydrogens (tertiary/aromatic N) is 3. The maximum Gasteiger partial charge on any atom is 0.271 e. The van der Waals surface area contributed by atoms with Crippen LogP contribution in [0.5, 0.6) is 5.75 Å². The standard InChI is InChI=1S/C12H9N3O3/c16-12-6-4-9(5-7-12)13-14-10-2-1-3-11(8-10)15(17)18/h1-8,16H/b14-13+. The van der Waals surface area contributed by atoms with Crippen LogP contribution in [0.3, 0.4) is 0 Å². The Kier molecular flexibility index (Phi) is 3.29. The molecule has 0 amide bonds. The molecular formula is C12H9N3O3. The molecule has 0 radical (unpaired) electrons. The third kappa shape index (κ3) is 2.88. The number of hydrogen-bond acceptors (Lipinski definition) is 5. The number of azo groups is 1. The van der Waals surface area contributed by atoms with Crippen molar-refractivity contribution in [3.63, 3.8) is 0 Å². The van der Waals surface area contributed by atoms with Crippen molar-refractivity contribution in [1.82, 2.24) is 0 Å². The van der Waals surface area contributed by atoms with E-state index in [1.807, 2.05) is 0 Å². The van der Waals surface area contributed by atoms with Gasteiger partial charge in [0.1, 0.15) is 5.75 Å². The zero-order valence-electron chi connectivity index (χ0n) is 9.22. The highest BCUT2D eigenvalue weighted by molar-refractivity contribution is 5.47. The maximum atomic E-state index is 10.6. The molecule has 0 bridgehead atoms. The van der Waals surface area contributed by atoms with E-state index in [1.54, 1.807) is 24.3 Å². The number of rotatable bonds is 3. The van der Waals surface area contributed by atoms with Gasteiger partial charge in [0.05, 0.1) is 16.3 Å². The van der Waals surface area contributed by atoms with Gasteiger partial charge in [-0.1, -0.05) is 6.07 Å². The van der Waals surface area contributed by atoms with E-state index in [1.165, 1.54) is 24.3 Å². The van der Waals surface area contributed by atoms with Crippen molar-refractivity contribution in [1.29, 1.82) is 0 Å². The Morgan fingerprint density at radius 2 is 1.67 bits per heavy atom. The van der Waals surface area contributed by atoms with Crippen LogP contribution in [0.4, 0.5) is 17.1 Å². The van der Waals surface area contributed by atoms with Crippen LogP contribution in [0.2, 0.25) is 0 Å². The van der Waals surface area contributed by atoms with E-state index < -0.39 is 4.92 Å². The second-order valence-electron chi connectivity index (χ2n) is 3.49. The van der Waals surface area contributed by atoms with E-state index in [0.717, 1.165) is 0 Å². The zero-order chi connectivity index (χ0) is 13.0. The van der Waals surface area contributed by atoms with Crippen molar-refractivity contribution in [2.24, 2.45) is 10.2 Å². The summed E-state index contributed by atoms with van der Waals surface area (Å²) in [5, 5.41) is 27.5. The molecule has 2 rings (SSSR count). The number of aromatic hydroxyl groups is 1. The van der Waals surface area contributed by atoms with Crippen LogP contribution < -0.4 is 0 Å². The maximum absolute atomic E-state index is 10.6. The van der Waals surface area contributed by atoms with Gasteiger partial charge in [0, 0.05) is 12.1 Å². The molecule has 6 nitrogen and oxygen atoms in total. The SMILES string of the molecule is O=[N+]([O-])c1cccc(/N=N/c2ccc(O)cc2)c1. The van der Waals surface area contributed by atoms with Crippen molar-refractivity contribution < 1.29 is 10.0 Å². The lowest BCUT2D eigenvalue weighted by atomic mass is 10.3. The average Bonchev–Trinajstić information content (AvgIpc) is 2.38. The monoisotopic (exact) mass is 243 g/mol. The number of nitro groups is 1. The van der Waals surface area contributed by atoms with Crippen molar-refractivity contribution in [2.75, 3.05) is 0 Å². The van der Waals surface area contributed by atoms with Crippen LogP contribution in [0.15, 0.2) is 58.8 Å². The molecule has 90 valence electrons. The summed E-state index contributed by atoms with van der Waals surface area (Å²) in [6.07, 6.45) is 0. The number of phenols is 1. The molecular weight excluding hydrogens is 234 g/mol. The molecule has 0 aliphatic heterocycles. The van der Waals surface area contributed by atoms with Crippen molar-refractivity contribution in [2.45, 2.75) is 0 Å². The van der Waals surface area contributed by atoms with Gasteiger partial charge in [-0.15, -0.1) is 0 Å². The largest absolute Gasteiger partial charge is 0.508 e. The number of non-ortho nitro benzene ring substituents is 1. The molecule has 0 unspecified atom stereocenters. The molecule has 0 aliphatic carbocycles. The normalized spacial score (nSPS) is 10.7. The summed E-state index contributed by atoms with van der Waals surface area (Å²) < 4.78 is 0. The van der Waals surface area contributed by atoms with Crippen LogP contribution in [-0.2, 0) is 0 Å². The zero-order valence-corrected chi connectivity index (χ0v) is 9.22. The Bertz CT molecular complexity index is 594. The highest BCUT2D eigenvalue weighted by Gasteiger charge is 2.04. The summed E-state index contributed by atoms with van der Waals surface area (Å²) >= 11 is 0. The Morgan fingerprint density at radius 1 is 1.00 bits per heavy atom. The Balaban J connectivity index is 2.20. The molecule has 0 aromatic heterocycles. The van der Waals surface area contributed by atoms with Gasteiger partial charge in [-0.25, -0.2) is 0 Å². The van der Waals surface area contributed by atoms with Gasteiger partial charge in [0.25, 0.3) is 5.69 Å². The molecule has 0 fully saturated rings. The second-order valence-corrected chi connectivity index (χ2v) is 3.49. The summed E-state index contributed by atoms with van der Waals surface area (Å²) in [5.74, 6) is 0.143. The molecule has 2 aromatic rings. The summed E-state index contributed by atoms with van der Waals surface area (Å²) in [6.45, 7) is 0. The van der Waals surface area contributed by atoms with Gasteiger partial charge in [-0.2, -0.15) is 10.2 Å². The van der Waals surface area contributed by atoms with Crippen molar-refractivity contribution in [3.8, 4) is 5.75 Å². The first-order chi connectivity index (χ1) is 8.65. The molecule has 0 atom stereocenters. The van der Waals surface area contributed by atoms with E-state index in [9.17, 15) is 10.1 Å². The van der Waals surface area contributed by atoms with Crippen LogP contribution in [0.1, 0.15) is 0 Å². The third-order valence-corrected chi connectivity index (χ3v) is 2.17. The number of hydrogen-bond donors (Lipinski definition) is 1. The van der Waals surface area contributed by atoms with Crippen molar-refractivity contribution >= 4 is 17.1 Å². The molecule has 18 heavy (non-hydrogen) atoms. The van der Waals surface area contributed by atoms with Crippen LogP contribution in [0, 0.1) is 10.1 Å². The van der Waals surface area contributed by atoms with Crippen LogP contribution in [0.25, 0.3) is 0 Å². The van der Waals surface area contributed by atoms with E-state index >= 15 is 0 Å². The highest BCUT2D eigenvalue weighted by Crippen LogP contribution is 2.23. The fourth-order valence-electron chi connectivity index (χ4n) is 1.30. The van der Waals surface area contributed by atoms with Crippen LogP contribution >= 0.6 is 0 Å². The highest BCUT2D eigenvalue weighted by atomic mass is 16.6. The van der Waals surface area contributed by atoms with E-state index in [-0.39, 0.29) is 11.4 Å². The number of nitro benzene ring substituents is 1. The average molecular weight is 243 g/mol. The first kappa shape index (κ1) is 11.7. The topological polar surface area (TPSA) is 88.1 Å². The van der Waals surface area contributed by atoms with E-state index in [2.05, 4.69) is 10.2 Å². The number of phenolic OH excluding ortho intramolecular Hbond substituents is 1. The minimum absolute atomic E-state index is 0.0304.